The van der Waals surface area contributed by atoms with Crippen molar-refractivity contribution in [3.8, 4) is 5.69 Å². The van der Waals surface area contributed by atoms with Gasteiger partial charge in [-0.25, -0.2) is 9.07 Å². The van der Waals surface area contributed by atoms with Gasteiger partial charge >= 0.3 is 0 Å². The number of amides is 2. The molecule has 0 saturated carbocycles. The third kappa shape index (κ3) is 5.91. The molecule has 2 aromatic carbocycles. The van der Waals surface area contributed by atoms with Gasteiger partial charge in [-0.05, 0) is 74.4 Å². The van der Waals surface area contributed by atoms with E-state index in [1.807, 2.05) is 27.7 Å². The van der Waals surface area contributed by atoms with Gasteiger partial charge in [-0.15, -0.1) is 0 Å². The summed E-state index contributed by atoms with van der Waals surface area (Å²) in [5, 5.41) is 10.1. The van der Waals surface area contributed by atoms with Gasteiger partial charge in [-0.2, -0.15) is 5.10 Å². The summed E-state index contributed by atoms with van der Waals surface area (Å²) < 4.78 is 14.9. The largest absolute Gasteiger partial charge is 0.326 e. The normalized spacial score (nSPS) is 11.2. The summed E-state index contributed by atoms with van der Waals surface area (Å²) >= 11 is 0. The van der Waals surface area contributed by atoms with Crippen molar-refractivity contribution in [2.75, 3.05) is 10.6 Å². The van der Waals surface area contributed by atoms with Crippen LogP contribution in [0.2, 0.25) is 0 Å². The molecule has 0 aliphatic rings. The summed E-state index contributed by atoms with van der Waals surface area (Å²) in [7, 11) is 0. The van der Waals surface area contributed by atoms with Crippen molar-refractivity contribution in [1.82, 2.24) is 9.78 Å². The van der Waals surface area contributed by atoms with Crippen molar-refractivity contribution in [3.05, 3.63) is 77.4 Å². The maximum atomic E-state index is 13.2. The monoisotopic (exact) mass is 434 g/mol. The number of aryl methyl sites for hydroxylation is 1. The first-order valence-corrected chi connectivity index (χ1v) is 10.4. The predicted molar refractivity (Wildman–Crippen MR) is 125 cm³/mol. The molecule has 0 bridgehead atoms. The van der Waals surface area contributed by atoms with E-state index >= 15 is 0 Å². The minimum absolute atomic E-state index is 0.0355. The fourth-order valence-corrected chi connectivity index (χ4v) is 3.29. The molecule has 1 heterocycles. The lowest BCUT2D eigenvalue weighted by atomic mass is 10.1. The molecule has 6 nitrogen and oxygen atoms in total. The lowest BCUT2D eigenvalue weighted by Gasteiger charge is -2.08. The number of hydrogen-bond acceptors (Lipinski definition) is 3. The van der Waals surface area contributed by atoms with E-state index in [0.717, 1.165) is 22.6 Å². The molecule has 3 rings (SSSR count). The number of hydrogen-bond donors (Lipinski definition) is 2. The van der Waals surface area contributed by atoms with Crippen LogP contribution in [0.15, 0.2) is 54.6 Å². The Morgan fingerprint density at radius 1 is 1.00 bits per heavy atom. The summed E-state index contributed by atoms with van der Waals surface area (Å²) in [6, 6.07) is 13.1. The van der Waals surface area contributed by atoms with Gasteiger partial charge in [0.1, 0.15) is 5.82 Å². The molecule has 0 unspecified atom stereocenters. The van der Waals surface area contributed by atoms with Crippen LogP contribution in [0, 0.1) is 25.6 Å². The van der Waals surface area contributed by atoms with Crippen LogP contribution in [0.4, 0.5) is 15.8 Å². The zero-order valence-electron chi connectivity index (χ0n) is 18.6. The number of nitrogens with one attached hydrogen (secondary N) is 2. The maximum absolute atomic E-state index is 13.2. The van der Waals surface area contributed by atoms with Gasteiger partial charge in [0.2, 0.25) is 11.8 Å². The Morgan fingerprint density at radius 2 is 1.59 bits per heavy atom. The average molecular weight is 435 g/mol. The molecule has 0 fully saturated rings. The first-order chi connectivity index (χ1) is 15.2. The summed E-state index contributed by atoms with van der Waals surface area (Å²) in [6.45, 7) is 7.73. The van der Waals surface area contributed by atoms with Gasteiger partial charge in [-0.3, -0.25) is 9.59 Å². The zero-order chi connectivity index (χ0) is 23.3. The average Bonchev–Trinajstić information content (AvgIpc) is 3.01. The zero-order valence-corrected chi connectivity index (χ0v) is 18.6. The smallest absolute Gasteiger partial charge is 0.248 e. The van der Waals surface area contributed by atoms with Crippen LogP contribution in [0.3, 0.4) is 0 Å². The van der Waals surface area contributed by atoms with E-state index in [1.54, 1.807) is 47.2 Å². The van der Waals surface area contributed by atoms with Gasteiger partial charge in [0.05, 0.1) is 11.4 Å². The number of benzene rings is 2. The van der Waals surface area contributed by atoms with Crippen molar-refractivity contribution >= 4 is 29.3 Å². The van der Waals surface area contributed by atoms with E-state index in [1.165, 1.54) is 18.2 Å². The highest BCUT2D eigenvalue weighted by molar-refractivity contribution is 6.02. The lowest BCUT2D eigenvalue weighted by molar-refractivity contribution is -0.117. The first kappa shape index (κ1) is 22.9. The van der Waals surface area contributed by atoms with Crippen LogP contribution in [-0.2, 0) is 9.59 Å². The molecular formula is C25H27FN4O2. The van der Waals surface area contributed by atoms with E-state index < -0.39 is 0 Å². The fourth-order valence-electron chi connectivity index (χ4n) is 3.29. The second-order valence-corrected chi connectivity index (χ2v) is 8.02. The van der Waals surface area contributed by atoms with E-state index in [9.17, 15) is 14.0 Å². The van der Waals surface area contributed by atoms with Crippen LogP contribution in [0.25, 0.3) is 11.8 Å². The predicted octanol–water partition coefficient (Wildman–Crippen LogP) is 5.26. The van der Waals surface area contributed by atoms with Gasteiger partial charge in [-0.1, -0.05) is 13.8 Å². The first-order valence-electron chi connectivity index (χ1n) is 10.4. The fraction of sp³-hybridized carbons (Fsp3) is 0.240. The molecule has 3 aromatic rings. The van der Waals surface area contributed by atoms with Gasteiger partial charge in [0.15, 0.2) is 0 Å². The molecule has 166 valence electrons. The summed E-state index contributed by atoms with van der Waals surface area (Å²) in [5.41, 5.74) is 4.49. The molecule has 2 N–H and O–H groups in total. The Morgan fingerprint density at radius 3 is 2.19 bits per heavy atom. The van der Waals surface area contributed by atoms with Crippen molar-refractivity contribution in [1.29, 1.82) is 0 Å². The molecular weight excluding hydrogens is 407 g/mol. The van der Waals surface area contributed by atoms with Gasteiger partial charge in [0, 0.05) is 35.1 Å². The van der Waals surface area contributed by atoms with Crippen LogP contribution < -0.4 is 10.6 Å². The number of halogens is 1. The van der Waals surface area contributed by atoms with Crippen LogP contribution in [-0.4, -0.2) is 21.6 Å². The van der Waals surface area contributed by atoms with E-state index in [0.29, 0.717) is 17.8 Å². The summed E-state index contributed by atoms with van der Waals surface area (Å²) in [4.78, 5) is 24.2. The van der Waals surface area contributed by atoms with E-state index in [-0.39, 0.29) is 23.5 Å². The Hall–Kier alpha value is -3.74. The molecule has 7 heteroatoms. The number of nitrogens with zero attached hydrogens (tertiary/aromatic N) is 2. The summed E-state index contributed by atoms with van der Waals surface area (Å²) in [6.07, 6.45) is 3.62. The Bertz CT molecular complexity index is 1130. The van der Waals surface area contributed by atoms with Crippen molar-refractivity contribution in [2.24, 2.45) is 5.92 Å². The van der Waals surface area contributed by atoms with E-state index in [2.05, 4.69) is 15.7 Å². The highest BCUT2D eigenvalue weighted by Crippen LogP contribution is 2.20. The van der Waals surface area contributed by atoms with Crippen molar-refractivity contribution in [2.45, 2.75) is 34.1 Å². The molecule has 0 aliphatic carbocycles. The highest BCUT2D eigenvalue weighted by Gasteiger charge is 2.11. The molecule has 0 radical (unpaired) electrons. The Labute approximate surface area is 187 Å². The summed E-state index contributed by atoms with van der Waals surface area (Å²) in [5.74, 6) is -0.338. The third-order valence-corrected chi connectivity index (χ3v) is 4.85. The molecule has 0 spiro atoms. The second kappa shape index (κ2) is 10.0. The quantitative estimate of drug-likeness (QED) is 0.498. The van der Waals surface area contributed by atoms with Gasteiger partial charge < -0.3 is 10.6 Å². The highest BCUT2D eigenvalue weighted by atomic mass is 19.1. The molecule has 32 heavy (non-hydrogen) atoms. The number of rotatable bonds is 7. The SMILES string of the molecule is Cc1nn(-c2ccc(F)cc2)c(C)c1/C=C/C(=O)Nc1ccc(NC(=O)CC(C)C)cc1. The standard InChI is InChI=1S/C25H27FN4O2/c1-16(2)15-25(32)28-21-9-7-20(8-10-21)27-24(31)14-13-23-17(3)29-30(18(23)4)22-11-5-19(26)6-12-22/h5-14,16H,15H2,1-4H3,(H,27,31)(H,28,32)/b14-13+. The number of carbonyl (C=O) groups excluding carboxylic acids is 2. The van der Waals surface area contributed by atoms with Gasteiger partial charge in [0.25, 0.3) is 0 Å². The third-order valence-electron chi connectivity index (χ3n) is 4.85. The molecule has 0 saturated heterocycles. The lowest BCUT2D eigenvalue weighted by Crippen LogP contribution is -2.14. The number of aromatic nitrogens is 2. The number of anilines is 2. The maximum Gasteiger partial charge on any atom is 0.248 e. The molecule has 2 amide bonds. The van der Waals surface area contributed by atoms with Crippen LogP contribution in [0.1, 0.15) is 37.2 Å². The van der Waals surface area contributed by atoms with E-state index in [4.69, 9.17) is 0 Å². The Kier molecular flexibility index (Phi) is 7.20. The van der Waals surface area contributed by atoms with Crippen LogP contribution >= 0.6 is 0 Å². The molecule has 0 atom stereocenters. The van der Waals surface area contributed by atoms with Crippen LogP contribution in [0.5, 0.6) is 0 Å². The minimum Gasteiger partial charge on any atom is -0.326 e. The number of carbonyl (C=O) groups is 2. The Balaban J connectivity index is 1.64. The second-order valence-electron chi connectivity index (χ2n) is 8.02. The topological polar surface area (TPSA) is 76.0 Å². The molecule has 0 aliphatic heterocycles. The van der Waals surface area contributed by atoms with Crippen molar-refractivity contribution in [3.63, 3.8) is 0 Å². The molecule has 1 aromatic heterocycles. The minimum atomic E-state index is -0.307. The van der Waals surface area contributed by atoms with Crippen molar-refractivity contribution < 1.29 is 14.0 Å².